The quantitative estimate of drug-likeness (QED) is 0.748. The van der Waals surface area contributed by atoms with Gasteiger partial charge in [-0.2, -0.15) is 0 Å². The van der Waals surface area contributed by atoms with Crippen LogP contribution in [0, 0.1) is 6.92 Å². The fraction of sp³-hybridized carbons (Fsp3) is 0.625. The zero-order valence-corrected chi connectivity index (χ0v) is 11.5. The molecule has 1 N–H and O–H groups in total. The topological polar surface area (TPSA) is 21.3 Å². The first-order valence-electron chi connectivity index (χ1n) is 7.22. The van der Waals surface area contributed by atoms with E-state index in [0.29, 0.717) is 6.10 Å². The summed E-state index contributed by atoms with van der Waals surface area (Å²) in [6, 6.07) is 8.77. The van der Waals surface area contributed by atoms with Gasteiger partial charge in [-0.05, 0) is 57.7 Å². The van der Waals surface area contributed by atoms with Crippen molar-refractivity contribution >= 4 is 0 Å². The molecule has 2 heteroatoms. The van der Waals surface area contributed by atoms with Gasteiger partial charge in [-0.15, -0.1) is 0 Å². The predicted molar refractivity (Wildman–Crippen MR) is 76.0 cm³/mol. The maximum absolute atomic E-state index is 5.61. The van der Waals surface area contributed by atoms with Gasteiger partial charge >= 0.3 is 0 Å². The van der Waals surface area contributed by atoms with Crippen LogP contribution in [-0.4, -0.2) is 25.8 Å². The molecule has 18 heavy (non-hydrogen) atoms. The summed E-state index contributed by atoms with van der Waals surface area (Å²) in [6.07, 6.45) is 6.65. The number of nitrogens with one attached hydrogen (secondary N) is 1. The first-order chi connectivity index (χ1) is 8.84. The highest BCUT2D eigenvalue weighted by molar-refractivity contribution is 5.22. The molecule has 0 aromatic heterocycles. The molecule has 1 fully saturated rings. The zero-order chi connectivity index (χ0) is 12.6. The normalized spacial score (nSPS) is 19.3. The number of aryl methyl sites for hydroxylation is 1. The SMILES string of the molecule is Cc1cccc(CCNCCCC2CCCO2)c1. The van der Waals surface area contributed by atoms with Crippen LogP contribution < -0.4 is 5.32 Å². The minimum absolute atomic E-state index is 0.545. The van der Waals surface area contributed by atoms with Crippen molar-refractivity contribution in [1.82, 2.24) is 5.32 Å². The second-order valence-electron chi connectivity index (χ2n) is 5.27. The van der Waals surface area contributed by atoms with Gasteiger partial charge in [-0.25, -0.2) is 0 Å². The summed E-state index contributed by atoms with van der Waals surface area (Å²) in [5.41, 5.74) is 2.78. The molecule has 100 valence electrons. The first kappa shape index (κ1) is 13.6. The van der Waals surface area contributed by atoms with Crippen LogP contribution in [0.5, 0.6) is 0 Å². The second-order valence-corrected chi connectivity index (χ2v) is 5.27. The van der Waals surface area contributed by atoms with Crippen molar-refractivity contribution in [3.05, 3.63) is 35.4 Å². The lowest BCUT2D eigenvalue weighted by atomic mass is 10.1. The van der Waals surface area contributed by atoms with Gasteiger partial charge in [0, 0.05) is 6.61 Å². The van der Waals surface area contributed by atoms with Crippen LogP contribution in [0.3, 0.4) is 0 Å². The van der Waals surface area contributed by atoms with E-state index >= 15 is 0 Å². The molecular formula is C16H25NO. The number of ether oxygens (including phenoxy) is 1. The smallest absolute Gasteiger partial charge is 0.0576 e. The Balaban J connectivity index is 1.50. The average Bonchev–Trinajstić information content (AvgIpc) is 2.87. The fourth-order valence-electron chi connectivity index (χ4n) is 2.55. The minimum atomic E-state index is 0.545. The largest absolute Gasteiger partial charge is 0.378 e. The van der Waals surface area contributed by atoms with Crippen molar-refractivity contribution in [2.45, 2.75) is 45.1 Å². The van der Waals surface area contributed by atoms with Gasteiger partial charge in [0.15, 0.2) is 0 Å². The molecule has 0 radical (unpaired) electrons. The maximum Gasteiger partial charge on any atom is 0.0576 e. The van der Waals surface area contributed by atoms with Crippen LogP contribution in [0.4, 0.5) is 0 Å². The lowest BCUT2D eigenvalue weighted by Crippen LogP contribution is -2.20. The number of rotatable bonds is 7. The lowest BCUT2D eigenvalue weighted by Gasteiger charge is -2.09. The van der Waals surface area contributed by atoms with Crippen LogP contribution in [0.2, 0.25) is 0 Å². The Bertz CT molecular complexity index is 345. The summed E-state index contributed by atoms with van der Waals surface area (Å²) in [4.78, 5) is 0. The van der Waals surface area contributed by atoms with E-state index in [1.807, 2.05) is 0 Å². The molecule has 1 unspecified atom stereocenters. The van der Waals surface area contributed by atoms with Crippen molar-refractivity contribution in [3.63, 3.8) is 0 Å². The van der Waals surface area contributed by atoms with Gasteiger partial charge in [-0.3, -0.25) is 0 Å². The Morgan fingerprint density at radius 3 is 3.06 bits per heavy atom. The highest BCUT2D eigenvalue weighted by Gasteiger charge is 2.14. The van der Waals surface area contributed by atoms with E-state index in [-0.39, 0.29) is 0 Å². The van der Waals surface area contributed by atoms with E-state index < -0.39 is 0 Å². The molecule has 1 aliphatic heterocycles. The molecule has 0 amide bonds. The number of benzene rings is 1. The van der Waals surface area contributed by atoms with E-state index in [9.17, 15) is 0 Å². The summed E-state index contributed by atoms with van der Waals surface area (Å²) in [7, 11) is 0. The Hall–Kier alpha value is -0.860. The monoisotopic (exact) mass is 247 g/mol. The van der Waals surface area contributed by atoms with E-state index in [1.54, 1.807) is 0 Å². The highest BCUT2D eigenvalue weighted by atomic mass is 16.5. The summed E-state index contributed by atoms with van der Waals surface area (Å²) < 4.78 is 5.61. The molecule has 0 spiro atoms. The van der Waals surface area contributed by atoms with Crippen molar-refractivity contribution in [3.8, 4) is 0 Å². The van der Waals surface area contributed by atoms with Crippen LogP contribution in [0.25, 0.3) is 0 Å². The molecule has 0 bridgehead atoms. The van der Waals surface area contributed by atoms with Gasteiger partial charge in [-0.1, -0.05) is 29.8 Å². The molecule has 1 atom stereocenters. The third kappa shape index (κ3) is 4.79. The maximum atomic E-state index is 5.61. The van der Waals surface area contributed by atoms with Crippen LogP contribution in [-0.2, 0) is 11.2 Å². The van der Waals surface area contributed by atoms with E-state index in [0.717, 1.165) is 26.1 Å². The molecule has 2 nitrogen and oxygen atoms in total. The van der Waals surface area contributed by atoms with Gasteiger partial charge < -0.3 is 10.1 Å². The fourth-order valence-corrected chi connectivity index (χ4v) is 2.55. The zero-order valence-electron chi connectivity index (χ0n) is 11.5. The van der Waals surface area contributed by atoms with E-state index in [4.69, 9.17) is 4.74 Å². The third-order valence-electron chi connectivity index (χ3n) is 3.58. The van der Waals surface area contributed by atoms with Gasteiger partial charge in [0.2, 0.25) is 0 Å². The van der Waals surface area contributed by atoms with Crippen molar-refractivity contribution < 1.29 is 4.74 Å². The lowest BCUT2D eigenvalue weighted by molar-refractivity contribution is 0.102. The summed E-state index contributed by atoms with van der Waals surface area (Å²) in [5.74, 6) is 0. The Morgan fingerprint density at radius 1 is 1.33 bits per heavy atom. The predicted octanol–water partition coefficient (Wildman–Crippen LogP) is 3.09. The van der Waals surface area contributed by atoms with Crippen molar-refractivity contribution in [1.29, 1.82) is 0 Å². The molecule has 1 heterocycles. The molecule has 1 aromatic rings. The molecule has 0 aliphatic carbocycles. The Kier molecular flexibility index (Phi) is 5.69. The number of hydrogen-bond acceptors (Lipinski definition) is 2. The molecule has 1 saturated heterocycles. The Morgan fingerprint density at radius 2 is 2.28 bits per heavy atom. The minimum Gasteiger partial charge on any atom is -0.378 e. The van der Waals surface area contributed by atoms with Crippen LogP contribution >= 0.6 is 0 Å². The van der Waals surface area contributed by atoms with E-state index in [2.05, 4.69) is 36.5 Å². The van der Waals surface area contributed by atoms with Gasteiger partial charge in [0.1, 0.15) is 0 Å². The third-order valence-corrected chi connectivity index (χ3v) is 3.58. The summed E-state index contributed by atoms with van der Waals surface area (Å²) >= 11 is 0. The molecule has 1 aromatic carbocycles. The summed E-state index contributed by atoms with van der Waals surface area (Å²) in [5, 5.41) is 3.52. The molecular weight excluding hydrogens is 222 g/mol. The van der Waals surface area contributed by atoms with Crippen LogP contribution in [0.15, 0.2) is 24.3 Å². The van der Waals surface area contributed by atoms with Crippen molar-refractivity contribution in [2.24, 2.45) is 0 Å². The number of hydrogen-bond donors (Lipinski definition) is 1. The highest BCUT2D eigenvalue weighted by Crippen LogP contribution is 2.16. The van der Waals surface area contributed by atoms with Gasteiger partial charge in [0.25, 0.3) is 0 Å². The van der Waals surface area contributed by atoms with E-state index in [1.165, 1.54) is 36.8 Å². The second kappa shape index (κ2) is 7.55. The van der Waals surface area contributed by atoms with Crippen LogP contribution in [0.1, 0.15) is 36.8 Å². The molecule has 0 saturated carbocycles. The molecule has 1 aliphatic rings. The van der Waals surface area contributed by atoms with Crippen molar-refractivity contribution in [2.75, 3.05) is 19.7 Å². The Labute approximate surface area is 111 Å². The first-order valence-corrected chi connectivity index (χ1v) is 7.22. The standard InChI is InChI=1S/C16H25NO/c1-14-5-2-6-15(13-14)9-11-17-10-3-7-16-8-4-12-18-16/h2,5-6,13,16-17H,3-4,7-12H2,1H3. The average molecular weight is 247 g/mol. The summed E-state index contributed by atoms with van der Waals surface area (Å²) in [6.45, 7) is 5.32. The van der Waals surface area contributed by atoms with Gasteiger partial charge in [0.05, 0.1) is 6.10 Å². The molecule has 2 rings (SSSR count).